The zero-order chi connectivity index (χ0) is 11.6. The molecule has 1 aromatic rings. The lowest BCUT2D eigenvalue weighted by molar-refractivity contribution is 0.123. The molecule has 1 aromatic heterocycles. The van der Waals surface area contributed by atoms with Gasteiger partial charge >= 0.3 is 0 Å². The first-order valence-electron chi connectivity index (χ1n) is 6.09. The molecule has 2 N–H and O–H groups in total. The van der Waals surface area contributed by atoms with Crippen LogP contribution in [0.5, 0.6) is 0 Å². The molecule has 0 saturated heterocycles. The summed E-state index contributed by atoms with van der Waals surface area (Å²) in [6.45, 7) is 0. The molecule has 1 saturated carbocycles. The summed E-state index contributed by atoms with van der Waals surface area (Å²) in [5.74, 6) is 0. The molecular weight excluding hydrogens is 216 g/mol. The molecule has 1 aliphatic rings. The van der Waals surface area contributed by atoms with Crippen molar-refractivity contribution in [1.29, 1.82) is 0 Å². The normalized spacial score (nSPS) is 21.5. The Balaban J connectivity index is 2.08. The van der Waals surface area contributed by atoms with Gasteiger partial charge in [0.2, 0.25) is 0 Å². The minimum absolute atomic E-state index is 0.238. The smallest absolute Gasteiger partial charge is 0.0357 e. The Labute approximate surface area is 102 Å². The maximum atomic E-state index is 6.47. The van der Waals surface area contributed by atoms with Crippen LogP contribution in [0.2, 0.25) is 0 Å². The molecule has 1 heterocycles. The summed E-state index contributed by atoms with van der Waals surface area (Å²) in [6, 6.07) is 2.46. The van der Waals surface area contributed by atoms with Gasteiger partial charge < -0.3 is 10.6 Å². The molecule has 0 spiro atoms. The Hall–Kier alpha value is -0.380. The fraction of sp³-hybridized carbons (Fsp3) is 0.692. The number of hydrogen-bond donors (Lipinski definition) is 1. The van der Waals surface area contributed by atoms with Crippen molar-refractivity contribution in [1.82, 2.24) is 4.90 Å². The molecule has 2 rings (SSSR count). The summed E-state index contributed by atoms with van der Waals surface area (Å²) in [6.07, 6.45) is 6.18. The largest absolute Gasteiger partial charge is 0.326 e. The van der Waals surface area contributed by atoms with Gasteiger partial charge in [0, 0.05) is 11.6 Å². The van der Waals surface area contributed by atoms with E-state index in [0.29, 0.717) is 0 Å². The highest BCUT2D eigenvalue weighted by molar-refractivity contribution is 7.07. The van der Waals surface area contributed by atoms with Crippen LogP contribution >= 0.6 is 11.3 Å². The molecule has 3 heteroatoms. The van der Waals surface area contributed by atoms with E-state index in [0.717, 1.165) is 6.42 Å². The molecule has 1 aliphatic carbocycles. The number of thiophene rings is 1. The van der Waals surface area contributed by atoms with E-state index in [4.69, 9.17) is 5.73 Å². The van der Waals surface area contributed by atoms with Crippen molar-refractivity contribution in [3.05, 3.63) is 22.4 Å². The van der Waals surface area contributed by atoms with E-state index >= 15 is 0 Å². The molecule has 1 fully saturated rings. The van der Waals surface area contributed by atoms with E-state index < -0.39 is 0 Å². The van der Waals surface area contributed by atoms with Crippen LogP contribution in [0.4, 0.5) is 0 Å². The van der Waals surface area contributed by atoms with Crippen LogP contribution in [0.1, 0.15) is 31.2 Å². The Bertz CT molecular complexity index is 313. The van der Waals surface area contributed by atoms with Gasteiger partial charge in [-0.1, -0.05) is 12.8 Å². The summed E-state index contributed by atoms with van der Waals surface area (Å²) in [5, 5.41) is 4.36. The van der Waals surface area contributed by atoms with Crippen molar-refractivity contribution in [2.45, 2.75) is 43.7 Å². The molecule has 16 heavy (non-hydrogen) atoms. The van der Waals surface area contributed by atoms with Crippen LogP contribution in [-0.2, 0) is 6.42 Å². The zero-order valence-corrected chi connectivity index (χ0v) is 11.1. The first kappa shape index (κ1) is 12.1. The summed E-state index contributed by atoms with van der Waals surface area (Å²) in [7, 11) is 4.36. The van der Waals surface area contributed by atoms with Gasteiger partial charge in [-0.3, -0.25) is 0 Å². The summed E-state index contributed by atoms with van der Waals surface area (Å²) in [4.78, 5) is 2.36. The lowest BCUT2D eigenvalue weighted by Gasteiger charge is -2.41. The van der Waals surface area contributed by atoms with Gasteiger partial charge in [-0.2, -0.15) is 11.3 Å². The number of hydrogen-bond acceptors (Lipinski definition) is 3. The van der Waals surface area contributed by atoms with Crippen molar-refractivity contribution < 1.29 is 0 Å². The van der Waals surface area contributed by atoms with Crippen LogP contribution in [0.15, 0.2) is 16.8 Å². The maximum Gasteiger partial charge on any atom is 0.0357 e. The predicted octanol–water partition coefficient (Wildman–Crippen LogP) is 2.49. The van der Waals surface area contributed by atoms with Crippen molar-refractivity contribution in [2.75, 3.05) is 14.1 Å². The topological polar surface area (TPSA) is 29.3 Å². The van der Waals surface area contributed by atoms with Gasteiger partial charge in [0.05, 0.1) is 0 Å². The van der Waals surface area contributed by atoms with Gasteiger partial charge in [0.1, 0.15) is 0 Å². The lowest BCUT2D eigenvalue weighted by atomic mass is 9.84. The highest BCUT2D eigenvalue weighted by Crippen LogP contribution is 2.37. The van der Waals surface area contributed by atoms with Crippen LogP contribution in [0.25, 0.3) is 0 Å². The molecule has 0 aromatic carbocycles. The first-order chi connectivity index (χ1) is 7.65. The van der Waals surface area contributed by atoms with Gasteiger partial charge in [-0.15, -0.1) is 0 Å². The van der Waals surface area contributed by atoms with Crippen LogP contribution in [0.3, 0.4) is 0 Å². The molecule has 0 radical (unpaired) electrons. The van der Waals surface area contributed by atoms with E-state index in [1.54, 1.807) is 11.3 Å². The SMILES string of the molecule is CN(C)C1(C(N)Cc2ccsc2)CCCC1. The van der Waals surface area contributed by atoms with Gasteiger partial charge in [-0.25, -0.2) is 0 Å². The predicted molar refractivity (Wildman–Crippen MR) is 70.9 cm³/mol. The van der Waals surface area contributed by atoms with Crippen molar-refractivity contribution in [3.8, 4) is 0 Å². The van der Waals surface area contributed by atoms with Gasteiger partial charge in [-0.05, 0) is 55.7 Å². The average Bonchev–Trinajstić information content (AvgIpc) is 2.87. The quantitative estimate of drug-likeness (QED) is 0.873. The molecule has 1 unspecified atom stereocenters. The minimum Gasteiger partial charge on any atom is -0.326 e. The summed E-state index contributed by atoms with van der Waals surface area (Å²) in [5.41, 5.74) is 8.10. The highest BCUT2D eigenvalue weighted by Gasteiger charge is 2.41. The van der Waals surface area contributed by atoms with E-state index in [9.17, 15) is 0 Å². The van der Waals surface area contributed by atoms with Crippen molar-refractivity contribution >= 4 is 11.3 Å². The Morgan fingerprint density at radius 3 is 2.62 bits per heavy atom. The van der Waals surface area contributed by atoms with E-state index in [1.165, 1.54) is 31.2 Å². The van der Waals surface area contributed by atoms with Gasteiger partial charge in [0.25, 0.3) is 0 Å². The second-order valence-corrected chi connectivity index (χ2v) is 5.93. The molecule has 90 valence electrons. The second-order valence-electron chi connectivity index (χ2n) is 5.15. The van der Waals surface area contributed by atoms with E-state index in [-0.39, 0.29) is 11.6 Å². The fourth-order valence-electron chi connectivity index (χ4n) is 2.99. The van der Waals surface area contributed by atoms with E-state index in [2.05, 4.69) is 35.8 Å². The summed E-state index contributed by atoms with van der Waals surface area (Å²) < 4.78 is 0. The number of rotatable bonds is 4. The lowest BCUT2D eigenvalue weighted by Crippen LogP contribution is -2.56. The summed E-state index contributed by atoms with van der Waals surface area (Å²) >= 11 is 1.76. The average molecular weight is 238 g/mol. The highest BCUT2D eigenvalue weighted by atomic mass is 32.1. The third-order valence-electron chi connectivity index (χ3n) is 4.09. The maximum absolute atomic E-state index is 6.47. The standard InChI is InChI=1S/C13H22N2S/c1-15(2)13(6-3-4-7-13)12(14)9-11-5-8-16-10-11/h5,8,10,12H,3-4,6-7,9,14H2,1-2H3. The molecule has 0 aliphatic heterocycles. The first-order valence-corrected chi connectivity index (χ1v) is 7.03. The third-order valence-corrected chi connectivity index (χ3v) is 4.82. The monoisotopic (exact) mass is 238 g/mol. The van der Waals surface area contributed by atoms with Crippen LogP contribution in [0, 0.1) is 0 Å². The van der Waals surface area contributed by atoms with Crippen LogP contribution < -0.4 is 5.73 Å². The Morgan fingerprint density at radius 2 is 2.12 bits per heavy atom. The number of nitrogens with zero attached hydrogens (tertiary/aromatic N) is 1. The van der Waals surface area contributed by atoms with Crippen molar-refractivity contribution in [3.63, 3.8) is 0 Å². The van der Waals surface area contributed by atoms with Crippen molar-refractivity contribution in [2.24, 2.45) is 5.73 Å². The Morgan fingerprint density at radius 1 is 1.44 bits per heavy atom. The number of likely N-dealkylation sites (N-methyl/N-ethyl adjacent to an activating group) is 1. The molecule has 0 amide bonds. The molecule has 1 atom stereocenters. The fourth-order valence-corrected chi connectivity index (χ4v) is 3.67. The van der Waals surface area contributed by atoms with Crippen LogP contribution in [-0.4, -0.2) is 30.6 Å². The Kier molecular flexibility index (Phi) is 3.67. The molecule has 2 nitrogen and oxygen atoms in total. The zero-order valence-electron chi connectivity index (χ0n) is 10.3. The molecule has 0 bridgehead atoms. The minimum atomic E-state index is 0.238. The third kappa shape index (κ3) is 2.17. The second kappa shape index (κ2) is 4.86. The van der Waals surface area contributed by atoms with E-state index in [1.807, 2.05) is 0 Å². The van der Waals surface area contributed by atoms with Gasteiger partial charge in [0.15, 0.2) is 0 Å². The number of nitrogens with two attached hydrogens (primary N) is 1. The molecular formula is C13H22N2S.